The van der Waals surface area contributed by atoms with Crippen molar-refractivity contribution in [2.75, 3.05) is 5.32 Å². The molecule has 0 radical (unpaired) electrons. The molecule has 5 heteroatoms. The molecule has 0 bridgehead atoms. The van der Waals surface area contributed by atoms with E-state index in [1.165, 1.54) is 6.26 Å². The average molecular weight is 288 g/mol. The Labute approximate surface area is 123 Å². The number of rotatable bonds is 3. The van der Waals surface area contributed by atoms with Crippen molar-refractivity contribution in [2.45, 2.75) is 19.8 Å². The van der Waals surface area contributed by atoms with Gasteiger partial charge in [-0.15, -0.1) is 0 Å². The number of benzene rings is 1. The van der Waals surface area contributed by atoms with Crippen LogP contribution in [0.2, 0.25) is 0 Å². The summed E-state index contributed by atoms with van der Waals surface area (Å²) in [5.74, 6) is 0.225. The van der Waals surface area contributed by atoms with Crippen LogP contribution in [0.25, 0.3) is 0 Å². The second-order valence-corrected chi connectivity index (χ2v) is 5.04. The van der Waals surface area contributed by atoms with Crippen LogP contribution in [-0.2, 0) is 0 Å². The van der Waals surface area contributed by atoms with Gasteiger partial charge in [0, 0.05) is 5.69 Å². The number of hydrogen-bond acceptors (Lipinski definition) is 3. The van der Waals surface area contributed by atoms with E-state index in [0.717, 1.165) is 11.3 Å². The number of hydrogen-bond donors (Lipinski definition) is 2. The number of anilines is 1. The highest BCUT2D eigenvalue weighted by molar-refractivity contribution is 7.80. The maximum Gasteiger partial charge on any atom is 0.293 e. The van der Waals surface area contributed by atoms with Gasteiger partial charge in [0.15, 0.2) is 10.9 Å². The Balaban J connectivity index is 2.04. The van der Waals surface area contributed by atoms with Crippen molar-refractivity contribution in [1.29, 1.82) is 0 Å². The van der Waals surface area contributed by atoms with E-state index < -0.39 is 0 Å². The smallest absolute Gasteiger partial charge is 0.293 e. The quantitative estimate of drug-likeness (QED) is 0.848. The first-order chi connectivity index (χ1) is 9.58. The summed E-state index contributed by atoms with van der Waals surface area (Å²) in [4.78, 5) is 11.8. The van der Waals surface area contributed by atoms with E-state index in [-0.39, 0.29) is 16.8 Å². The van der Waals surface area contributed by atoms with E-state index in [1.54, 1.807) is 12.1 Å². The number of furan rings is 1. The summed E-state index contributed by atoms with van der Waals surface area (Å²) in [6.07, 6.45) is 1.44. The predicted octanol–water partition coefficient (Wildman–Crippen LogP) is 3.53. The Morgan fingerprint density at radius 1 is 1.20 bits per heavy atom. The van der Waals surface area contributed by atoms with Gasteiger partial charge in [0.1, 0.15) is 0 Å². The van der Waals surface area contributed by atoms with Gasteiger partial charge in [0.25, 0.3) is 5.91 Å². The van der Waals surface area contributed by atoms with Crippen molar-refractivity contribution >= 4 is 28.9 Å². The minimum atomic E-state index is -0.366. The Morgan fingerprint density at radius 2 is 1.95 bits per heavy atom. The molecule has 2 rings (SSSR count). The molecule has 1 amide bonds. The summed E-state index contributed by atoms with van der Waals surface area (Å²) in [5.41, 5.74) is 2.04. The first-order valence-corrected chi connectivity index (χ1v) is 6.73. The molecule has 1 aromatic heterocycles. The predicted molar refractivity (Wildman–Crippen MR) is 82.9 cm³/mol. The summed E-state index contributed by atoms with van der Waals surface area (Å²) >= 11 is 5.15. The standard InChI is InChI=1S/C15H16N2O2S/c1-10(2)11-6-3-4-7-12(11)16-15(20)17-14(18)13-8-5-9-19-13/h3-10H,1-2H3,(H2,16,17,18,20). The summed E-state index contributed by atoms with van der Waals surface area (Å²) in [7, 11) is 0. The van der Waals surface area contributed by atoms with Crippen molar-refractivity contribution in [3.8, 4) is 0 Å². The Kier molecular flexibility index (Phi) is 4.53. The highest BCUT2D eigenvalue weighted by atomic mass is 32.1. The van der Waals surface area contributed by atoms with Crippen LogP contribution in [0, 0.1) is 0 Å². The molecular formula is C15H16N2O2S. The molecule has 0 aliphatic rings. The molecule has 2 aromatic rings. The van der Waals surface area contributed by atoms with Crippen molar-refractivity contribution in [3.63, 3.8) is 0 Å². The third kappa shape index (κ3) is 3.45. The highest BCUT2D eigenvalue weighted by Gasteiger charge is 2.12. The molecule has 1 aromatic carbocycles. The van der Waals surface area contributed by atoms with Gasteiger partial charge in [-0.1, -0.05) is 32.0 Å². The minimum Gasteiger partial charge on any atom is -0.459 e. The van der Waals surface area contributed by atoms with Crippen LogP contribution >= 0.6 is 12.2 Å². The Hall–Kier alpha value is -2.14. The second-order valence-electron chi connectivity index (χ2n) is 4.63. The fraction of sp³-hybridized carbons (Fsp3) is 0.200. The van der Waals surface area contributed by atoms with Gasteiger partial charge < -0.3 is 9.73 Å². The molecule has 104 valence electrons. The van der Waals surface area contributed by atoms with Crippen LogP contribution in [0.4, 0.5) is 5.69 Å². The van der Waals surface area contributed by atoms with Gasteiger partial charge >= 0.3 is 0 Å². The molecule has 0 spiro atoms. The highest BCUT2D eigenvalue weighted by Crippen LogP contribution is 2.23. The molecule has 1 heterocycles. The zero-order valence-corrected chi connectivity index (χ0v) is 12.2. The first kappa shape index (κ1) is 14.3. The van der Waals surface area contributed by atoms with Crippen LogP contribution in [0.5, 0.6) is 0 Å². The van der Waals surface area contributed by atoms with Crippen molar-refractivity contribution in [2.24, 2.45) is 0 Å². The Morgan fingerprint density at radius 3 is 2.60 bits per heavy atom. The second kappa shape index (κ2) is 6.34. The summed E-state index contributed by atoms with van der Waals surface area (Å²) in [6, 6.07) is 11.1. The first-order valence-electron chi connectivity index (χ1n) is 6.32. The van der Waals surface area contributed by atoms with E-state index >= 15 is 0 Å². The van der Waals surface area contributed by atoms with E-state index in [1.807, 2.05) is 24.3 Å². The van der Waals surface area contributed by atoms with Gasteiger partial charge in [0.05, 0.1) is 6.26 Å². The summed E-state index contributed by atoms with van der Waals surface area (Å²) in [5, 5.41) is 5.88. The van der Waals surface area contributed by atoms with E-state index in [9.17, 15) is 4.79 Å². The molecule has 0 atom stereocenters. The van der Waals surface area contributed by atoms with Crippen molar-refractivity contribution in [1.82, 2.24) is 5.32 Å². The van der Waals surface area contributed by atoms with Gasteiger partial charge in [-0.3, -0.25) is 10.1 Å². The molecule has 0 saturated carbocycles. The molecule has 0 fully saturated rings. The molecule has 2 N–H and O–H groups in total. The number of carbonyl (C=O) groups excluding carboxylic acids is 1. The number of thiocarbonyl (C=S) groups is 1. The van der Waals surface area contributed by atoms with Crippen LogP contribution in [-0.4, -0.2) is 11.0 Å². The Bertz CT molecular complexity index is 606. The molecule has 4 nitrogen and oxygen atoms in total. The number of para-hydroxylation sites is 1. The molecule has 0 aliphatic heterocycles. The van der Waals surface area contributed by atoms with Crippen molar-refractivity contribution in [3.05, 3.63) is 54.0 Å². The lowest BCUT2D eigenvalue weighted by Crippen LogP contribution is -2.34. The number of carbonyl (C=O) groups is 1. The van der Waals surface area contributed by atoms with Crippen LogP contribution < -0.4 is 10.6 Å². The van der Waals surface area contributed by atoms with Gasteiger partial charge in [0.2, 0.25) is 0 Å². The van der Waals surface area contributed by atoms with E-state index in [2.05, 4.69) is 24.5 Å². The third-order valence-electron chi connectivity index (χ3n) is 2.80. The summed E-state index contributed by atoms with van der Waals surface area (Å²) in [6.45, 7) is 4.20. The topological polar surface area (TPSA) is 54.3 Å². The van der Waals surface area contributed by atoms with Crippen molar-refractivity contribution < 1.29 is 9.21 Å². The van der Waals surface area contributed by atoms with Crippen LogP contribution in [0.1, 0.15) is 35.9 Å². The van der Waals surface area contributed by atoms with Gasteiger partial charge in [-0.2, -0.15) is 0 Å². The fourth-order valence-corrected chi connectivity index (χ4v) is 2.04. The van der Waals surface area contributed by atoms with Gasteiger partial charge in [-0.25, -0.2) is 0 Å². The van der Waals surface area contributed by atoms with Gasteiger partial charge in [-0.05, 0) is 41.9 Å². The lowest BCUT2D eigenvalue weighted by atomic mass is 10.0. The molecular weight excluding hydrogens is 272 g/mol. The number of nitrogens with one attached hydrogen (secondary N) is 2. The zero-order chi connectivity index (χ0) is 14.5. The molecule has 0 saturated heterocycles. The average Bonchev–Trinajstić information content (AvgIpc) is 2.92. The molecule has 0 unspecified atom stereocenters. The normalized spacial score (nSPS) is 10.3. The van der Waals surface area contributed by atoms with E-state index in [0.29, 0.717) is 5.92 Å². The largest absolute Gasteiger partial charge is 0.459 e. The lowest BCUT2D eigenvalue weighted by molar-refractivity contribution is 0.0950. The summed E-state index contributed by atoms with van der Waals surface area (Å²) < 4.78 is 5.01. The maximum atomic E-state index is 11.8. The fourth-order valence-electron chi connectivity index (χ4n) is 1.84. The van der Waals surface area contributed by atoms with E-state index in [4.69, 9.17) is 16.6 Å². The third-order valence-corrected chi connectivity index (χ3v) is 3.01. The number of amides is 1. The SMILES string of the molecule is CC(C)c1ccccc1NC(=S)NC(=O)c1ccco1. The minimum absolute atomic E-state index is 0.228. The zero-order valence-electron chi connectivity index (χ0n) is 11.3. The maximum absolute atomic E-state index is 11.8. The monoisotopic (exact) mass is 288 g/mol. The molecule has 20 heavy (non-hydrogen) atoms. The molecule has 0 aliphatic carbocycles. The van der Waals surface area contributed by atoms with Crippen LogP contribution in [0.3, 0.4) is 0 Å². The van der Waals surface area contributed by atoms with Crippen LogP contribution in [0.15, 0.2) is 47.1 Å². The lowest BCUT2D eigenvalue weighted by Gasteiger charge is -2.15.